The molecule has 82 valence electrons. The number of fused-ring (bicyclic) bond motifs is 1. The first-order chi connectivity index (χ1) is 7.84. The first kappa shape index (κ1) is 9.85. The van der Waals surface area contributed by atoms with Crippen LogP contribution in [0.5, 0.6) is 0 Å². The van der Waals surface area contributed by atoms with Gasteiger partial charge in [0.05, 0.1) is 11.6 Å². The Morgan fingerprint density at radius 1 is 1.31 bits per heavy atom. The van der Waals surface area contributed by atoms with Crippen LogP contribution >= 0.6 is 11.6 Å². The fraction of sp³-hybridized carbons (Fsp3) is 0.333. The fourth-order valence-corrected chi connectivity index (χ4v) is 2.42. The van der Waals surface area contributed by atoms with Gasteiger partial charge < -0.3 is 4.90 Å². The summed E-state index contributed by atoms with van der Waals surface area (Å²) in [5, 5.41) is 10.8. The van der Waals surface area contributed by atoms with Gasteiger partial charge in [-0.05, 0) is 6.42 Å². The van der Waals surface area contributed by atoms with Crippen molar-refractivity contribution < 1.29 is 0 Å². The standard InChI is InChI=1S/C12H12ClN3/c13-10-5-6-16(8-10)12-11-4-2-1-3-9(11)7-14-15-12/h1-4,7,10H,5-6,8H2. The zero-order valence-electron chi connectivity index (χ0n) is 8.81. The van der Waals surface area contributed by atoms with E-state index in [1.54, 1.807) is 6.20 Å². The van der Waals surface area contributed by atoms with Crippen molar-refractivity contribution in [3.05, 3.63) is 30.5 Å². The van der Waals surface area contributed by atoms with E-state index in [9.17, 15) is 0 Å². The van der Waals surface area contributed by atoms with E-state index in [1.807, 2.05) is 12.1 Å². The number of anilines is 1. The Hall–Kier alpha value is -1.35. The van der Waals surface area contributed by atoms with E-state index < -0.39 is 0 Å². The molecule has 3 rings (SSSR count). The molecule has 0 aliphatic carbocycles. The molecule has 0 radical (unpaired) electrons. The highest BCUT2D eigenvalue weighted by Crippen LogP contribution is 2.27. The van der Waals surface area contributed by atoms with E-state index in [4.69, 9.17) is 11.6 Å². The molecule has 1 aliphatic heterocycles. The number of aromatic nitrogens is 2. The van der Waals surface area contributed by atoms with Crippen LogP contribution in [0.15, 0.2) is 30.5 Å². The molecular weight excluding hydrogens is 222 g/mol. The van der Waals surface area contributed by atoms with Crippen molar-refractivity contribution in [3.63, 3.8) is 0 Å². The molecule has 1 aromatic carbocycles. The second-order valence-electron chi connectivity index (χ2n) is 4.09. The van der Waals surface area contributed by atoms with Crippen LogP contribution in [0.1, 0.15) is 6.42 Å². The lowest BCUT2D eigenvalue weighted by molar-refractivity contribution is 0.906. The third kappa shape index (κ3) is 1.61. The Bertz CT molecular complexity index is 509. The predicted octanol–water partition coefficient (Wildman–Crippen LogP) is 2.45. The van der Waals surface area contributed by atoms with Crippen molar-refractivity contribution in [1.29, 1.82) is 0 Å². The second kappa shape index (κ2) is 3.91. The molecule has 1 fully saturated rings. The third-order valence-corrected chi connectivity index (χ3v) is 3.34. The van der Waals surface area contributed by atoms with Crippen molar-refractivity contribution in [1.82, 2.24) is 10.2 Å². The lowest BCUT2D eigenvalue weighted by atomic mass is 10.2. The van der Waals surface area contributed by atoms with Crippen molar-refractivity contribution in [3.8, 4) is 0 Å². The fourth-order valence-electron chi connectivity index (χ4n) is 2.16. The summed E-state index contributed by atoms with van der Waals surface area (Å²) in [4.78, 5) is 2.22. The summed E-state index contributed by atoms with van der Waals surface area (Å²) in [6, 6.07) is 8.19. The minimum absolute atomic E-state index is 0.237. The third-order valence-electron chi connectivity index (χ3n) is 2.98. The van der Waals surface area contributed by atoms with E-state index in [0.717, 1.165) is 36.1 Å². The van der Waals surface area contributed by atoms with Gasteiger partial charge in [0, 0.05) is 23.9 Å². The SMILES string of the molecule is ClC1CCN(c2nncc3ccccc23)C1. The maximum Gasteiger partial charge on any atom is 0.159 e. The molecule has 0 saturated carbocycles. The van der Waals surface area contributed by atoms with Crippen LogP contribution in [0.3, 0.4) is 0 Å². The molecule has 0 bridgehead atoms. The van der Waals surface area contributed by atoms with Gasteiger partial charge in [-0.1, -0.05) is 24.3 Å². The number of nitrogens with zero attached hydrogens (tertiary/aromatic N) is 3. The lowest BCUT2D eigenvalue weighted by Crippen LogP contribution is -2.21. The minimum atomic E-state index is 0.237. The topological polar surface area (TPSA) is 29.0 Å². The Morgan fingerprint density at radius 3 is 3.00 bits per heavy atom. The molecule has 2 heterocycles. The molecule has 16 heavy (non-hydrogen) atoms. The quantitative estimate of drug-likeness (QED) is 0.709. The molecule has 1 aliphatic rings. The second-order valence-corrected chi connectivity index (χ2v) is 4.70. The maximum absolute atomic E-state index is 6.12. The molecule has 0 N–H and O–H groups in total. The molecule has 2 aromatic rings. The molecule has 4 heteroatoms. The van der Waals surface area contributed by atoms with E-state index in [2.05, 4.69) is 27.2 Å². The highest BCUT2D eigenvalue weighted by atomic mass is 35.5. The van der Waals surface area contributed by atoms with Crippen LogP contribution in [0, 0.1) is 0 Å². The van der Waals surface area contributed by atoms with Gasteiger partial charge >= 0.3 is 0 Å². The Morgan fingerprint density at radius 2 is 2.19 bits per heavy atom. The van der Waals surface area contributed by atoms with Gasteiger partial charge in [0.1, 0.15) is 0 Å². The molecule has 1 atom stereocenters. The van der Waals surface area contributed by atoms with E-state index >= 15 is 0 Å². The van der Waals surface area contributed by atoms with Crippen LogP contribution in [0.25, 0.3) is 10.8 Å². The van der Waals surface area contributed by atoms with Crippen molar-refractivity contribution >= 4 is 28.2 Å². The van der Waals surface area contributed by atoms with E-state index in [1.165, 1.54) is 0 Å². The minimum Gasteiger partial charge on any atom is -0.353 e. The summed E-state index contributed by atoms with van der Waals surface area (Å²) in [6.07, 6.45) is 2.82. The van der Waals surface area contributed by atoms with E-state index in [0.29, 0.717) is 0 Å². The number of hydrogen-bond acceptors (Lipinski definition) is 3. The average molecular weight is 234 g/mol. The maximum atomic E-state index is 6.12. The molecule has 0 amide bonds. The Balaban J connectivity index is 2.09. The monoisotopic (exact) mass is 233 g/mol. The molecular formula is C12H12ClN3. The van der Waals surface area contributed by atoms with Crippen LogP contribution < -0.4 is 4.90 Å². The average Bonchev–Trinajstić information content (AvgIpc) is 2.75. The number of hydrogen-bond donors (Lipinski definition) is 0. The highest BCUT2D eigenvalue weighted by Gasteiger charge is 2.22. The first-order valence-corrected chi connectivity index (χ1v) is 5.88. The normalized spacial score (nSPS) is 20.6. The van der Waals surface area contributed by atoms with E-state index in [-0.39, 0.29) is 5.38 Å². The summed E-state index contributed by atoms with van der Waals surface area (Å²) in [5.74, 6) is 0.959. The van der Waals surface area contributed by atoms with Gasteiger partial charge in [-0.15, -0.1) is 16.7 Å². The van der Waals surface area contributed by atoms with Crippen LogP contribution in [-0.2, 0) is 0 Å². The van der Waals surface area contributed by atoms with Crippen LogP contribution in [-0.4, -0.2) is 28.7 Å². The van der Waals surface area contributed by atoms with Gasteiger partial charge in [0.25, 0.3) is 0 Å². The smallest absolute Gasteiger partial charge is 0.159 e. The summed E-state index contributed by atoms with van der Waals surface area (Å²) in [6.45, 7) is 1.83. The zero-order valence-corrected chi connectivity index (χ0v) is 9.56. The summed E-state index contributed by atoms with van der Waals surface area (Å²) in [5.41, 5.74) is 0. The number of alkyl halides is 1. The number of rotatable bonds is 1. The molecule has 1 aromatic heterocycles. The zero-order chi connectivity index (χ0) is 11.0. The highest BCUT2D eigenvalue weighted by molar-refractivity contribution is 6.21. The predicted molar refractivity (Wildman–Crippen MR) is 66.0 cm³/mol. The van der Waals surface area contributed by atoms with Gasteiger partial charge in [0.15, 0.2) is 5.82 Å². The van der Waals surface area contributed by atoms with Crippen molar-refractivity contribution in [2.24, 2.45) is 0 Å². The van der Waals surface area contributed by atoms with Crippen molar-refractivity contribution in [2.45, 2.75) is 11.8 Å². The van der Waals surface area contributed by atoms with Crippen LogP contribution in [0.4, 0.5) is 5.82 Å². The van der Waals surface area contributed by atoms with Crippen molar-refractivity contribution in [2.75, 3.05) is 18.0 Å². The van der Waals surface area contributed by atoms with Crippen LogP contribution in [0.2, 0.25) is 0 Å². The Kier molecular flexibility index (Phi) is 2.40. The number of halogens is 1. The summed E-state index contributed by atoms with van der Waals surface area (Å²) in [7, 11) is 0. The summed E-state index contributed by atoms with van der Waals surface area (Å²) < 4.78 is 0. The first-order valence-electron chi connectivity index (χ1n) is 5.44. The molecule has 1 saturated heterocycles. The van der Waals surface area contributed by atoms with Gasteiger partial charge in [0.2, 0.25) is 0 Å². The Labute approximate surface area is 99.0 Å². The largest absolute Gasteiger partial charge is 0.353 e. The van der Waals surface area contributed by atoms with Gasteiger partial charge in [-0.3, -0.25) is 0 Å². The lowest BCUT2D eigenvalue weighted by Gasteiger charge is -2.17. The number of benzene rings is 1. The molecule has 3 nitrogen and oxygen atoms in total. The van der Waals surface area contributed by atoms with Gasteiger partial charge in [-0.2, -0.15) is 5.10 Å². The summed E-state index contributed by atoms with van der Waals surface area (Å²) >= 11 is 6.12. The molecule has 1 unspecified atom stereocenters. The molecule has 0 spiro atoms. The van der Waals surface area contributed by atoms with Gasteiger partial charge in [-0.25, -0.2) is 0 Å².